The largest absolute Gasteiger partial charge is 0.373 e. The molecule has 11 heteroatoms. The second kappa shape index (κ2) is 8.44. The number of carbonyl (C=O) groups is 1. The van der Waals surface area contributed by atoms with E-state index in [2.05, 4.69) is 5.32 Å². The van der Waals surface area contributed by atoms with Crippen molar-refractivity contribution in [1.29, 1.82) is 0 Å². The minimum absolute atomic E-state index is 0.0678. The first kappa shape index (κ1) is 22.4. The normalized spacial score (nSPS) is 20.6. The van der Waals surface area contributed by atoms with Crippen molar-refractivity contribution in [3.05, 3.63) is 54.1 Å². The Bertz CT molecular complexity index is 1120. The number of rotatable bonds is 5. The maximum absolute atomic E-state index is 12.9. The summed E-state index contributed by atoms with van der Waals surface area (Å²) in [4.78, 5) is 12.4. The van der Waals surface area contributed by atoms with Gasteiger partial charge in [0.05, 0.1) is 22.0 Å². The van der Waals surface area contributed by atoms with Gasteiger partial charge in [-0.15, -0.1) is 0 Å². The van der Waals surface area contributed by atoms with Crippen LogP contribution in [0.1, 0.15) is 24.2 Å². The van der Waals surface area contributed by atoms with Gasteiger partial charge in [-0.2, -0.15) is 4.31 Å². The second-order valence-corrected chi connectivity index (χ2v) is 10.6. The lowest BCUT2D eigenvalue weighted by Gasteiger charge is -2.34. The van der Waals surface area contributed by atoms with Crippen LogP contribution < -0.4 is 10.5 Å². The molecule has 2 atom stereocenters. The van der Waals surface area contributed by atoms with Crippen LogP contribution in [0.3, 0.4) is 0 Å². The Morgan fingerprint density at radius 1 is 0.933 bits per heavy atom. The third-order valence-corrected chi connectivity index (χ3v) is 7.36. The number of primary sulfonamides is 1. The number of nitrogens with two attached hydrogens (primary N) is 1. The Labute approximate surface area is 175 Å². The minimum Gasteiger partial charge on any atom is -0.373 e. The molecule has 1 fully saturated rings. The average molecular weight is 454 g/mol. The lowest BCUT2D eigenvalue weighted by atomic mass is 10.2. The van der Waals surface area contributed by atoms with Crippen molar-refractivity contribution in [3.63, 3.8) is 0 Å². The van der Waals surface area contributed by atoms with Crippen LogP contribution in [0.5, 0.6) is 0 Å². The number of morpholine rings is 1. The molecule has 9 nitrogen and oxygen atoms in total. The van der Waals surface area contributed by atoms with E-state index < -0.39 is 26.0 Å². The number of anilines is 1. The molecule has 1 heterocycles. The first-order chi connectivity index (χ1) is 14.0. The summed E-state index contributed by atoms with van der Waals surface area (Å²) in [5, 5.41) is 7.66. The van der Waals surface area contributed by atoms with Gasteiger partial charge in [-0.05, 0) is 62.4 Å². The molecule has 3 rings (SSSR count). The maximum Gasteiger partial charge on any atom is 0.255 e. The van der Waals surface area contributed by atoms with Crippen LogP contribution in [-0.4, -0.2) is 52.3 Å². The topological polar surface area (TPSA) is 136 Å². The van der Waals surface area contributed by atoms with Crippen molar-refractivity contribution >= 4 is 31.6 Å². The first-order valence-electron chi connectivity index (χ1n) is 9.17. The third-order valence-electron chi connectivity index (χ3n) is 4.58. The number of benzene rings is 2. The molecule has 1 saturated heterocycles. The second-order valence-electron chi connectivity index (χ2n) is 7.13. The van der Waals surface area contributed by atoms with Crippen molar-refractivity contribution in [2.45, 2.75) is 35.8 Å². The fourth-order valence-electron chi connectivity index (χ4n) is 3.19. The quantitative estimate of drug-likeness (QED) is 0.702. The van der Waals surface area contributed by atoms with Crippen LogP contribution in [0.2, 0.25) is 0 Å². The van der Waals surface area contributed by atoms with E-state index in [9.17, 15) is 21.6 Å². The zero-order chi connectivity index (χ0) is 22.1. The molecule has 30 heavy (non-hydrogen) atoms. The van der Waals surface area contributed by atoms with E-state index >= 15 is 0 Å². The predicted octanol–water partition coefficient (Wildman–Crippen LogP) is 1.38. The average Bonchev–Trinajstić information content (AvgIpc) is 2.67. The summed E-state index contributed by atoms with van der Waals surface area (Å²) in [6.07, 6.45) is -0.400. The highest BCUT2D eigenvalue weighted by atomic mass is 32.2. The van der Waals surface area contributed by atoms with Gasteiger partial charge < -0.3 is 10.1 Å². The van der Waals surface area contributed by atoms with E-state index in [-0.39, 0.29) is 40.7 Å². The smallest absolute Gasteiger partial charge is 0.255 e. The third kappa shape index (κ3) is 5.05. The molecule has 162 valence electrons. The highest BCUT2D eigenvalue weighted by molar-refractivity contribution is 7.89. The van der Waals surface area contributed by atoms with Crippen molar-refractivity contribution in [1.82, 2.24) is 4.31 Å². The number of nitrogens with one attached hydrogen (secondary N) is 1. The van der Waals surface area contributed by atoms with Crippen LogP contribution in [0.25, 0.3) is 0 Å². The van der Waals surface area contributed by atoms with Crippen molar-refractivity contribution in [2.75, 3.05) is 18.4 Å². The van der Waals surface area contributed by atoms with Gasteiger partial charge in [0.2, 0.25) is 20.0 Å². The summed E-state index contributed by atoms with van der Waals surface area (Å²) < 4.78 is 55.3. The molecule has 1 aliphatic heterocycles. The van der Waals surface area contributed by atoms with Crippen LogP contribution in [0.4, 0.5) is 5.69 Å². The monoisotopic (exact) mass is 453 g/mol. The molecule has 0 radical (unpaired) electrons. The summed E-state index contributed by atoms with van der Waals surface area (Å²) >= 11 is 0. The molecule has 0 unspecified atom stereocenters. The van der Waals surface area contributed by atoms with E-state index in [4.69, 9.17) is 9.88 Å². The summed E-state index contributed by atoms with van der Waals surface area (Å²) in [6.45, 7) is 4.18. The highest BCUT2D eigenvalue weighted by Gasteiger charge is 2.32. The fourth-order valence-corrected chi connectivity index (χ4v) is 5.29. The molecule has 0 aliphatic carbocycles. The number of nitrogens with zero attached hydrogens (tertiary/aromatic N) is 1. The van der Waals surface area contributed by atoms with Crippen molar-refractivity contribution in [2.24, 2.45) is 5.14 Å². The number of hydrogen-bond acceptors (Lipinski definition) is 6. The zero-order valence-corrected chi connectivity index (χ0v) is 18.1. The molecule has 0 saturated carbocycles. The summed E-state index contributed by atoms with van der Waals surface area (Å²) in [7, 11) is -7.51. The van der Waals surface area contributed by atoms with Crippen LogP contribution in [0.15, 0.2) is 58.3 Å². The minimum atomic E-state index is -3.82. The SMILES string of the molecule is C[C@H]1CN(S(=O)(=O)c2ccc(C(=O)Nc3ccc(S(N)(=O)=O)cc3)cc2)C[C@H](C)O1. The van der Waals surface area contributed by atoms with Gasteiger partial charge >= 0.3 is 0 Å². The highest BCUT2D eigenvalue weighted by Crippen LogP contribution is 2.22. The molecule has 0 aromatic heterocycles. The molecule has 1 aliphatic rings. The van der Waals surface area contributed by atoms with E-state index in [1.165, 1.54) is 52.8 Å². The molecule has 2 aromatic rings. The number of carbonyl (C=O) groups excluding carboxylic acids is 1. The van der Waals surface area contributed by atoms with E-state index in [0.717, 1.165) is 0 Å². The Balaban J connectivity index is 1.72. The molecule has 1 amide bonds. The Morgan fingerprint density at radius 2 is 1.43 bits per heavy atom. The van der Waals surface area contributed by atoms with E-state index in [1.807, 2.05) is 13.8 Å². The zero-order valence-electron chi connectivity index (χ0n) is 16.5. The summed E-state index contributed by atoms with van der Waals surface area (Å²) in [5.74, 6) is -0.462. The standard InChI is InChI=1S/C19H23N3O6S2/c1-13-11-22(12-14(2)28-13)30(26,27)18-7-3-15(4-8-18)19(23)21-16-5-9-17(10-6-16)29(20,24)25/h3-10,13-14H,11-12H2,1-2H3,(H,21,23)(H2,20,24,25)/t13-,14-/m0/s1. The number of hydrogen-bond donors (Lipinski definition) is 2. The number of ether oxygens (including phenoxy) is 1. The van der Waals surface area contributed by atoms with E-state index in [1.54, 1.807) is 0 Å². The van der Waals surface area contributed by atoms with E-state index in [0.29, 0.717) is 5.69 Å². The predicted molar refractivity (Wildman–Crippen MR) is 111 cm³/mol. The Morgan fingerprint density at radius 3 is 1.93 bits per heavy atom. The first-order valence-corrected chi connectivity index (χ1v) is 12.2. The summed E-state index contributed by atoms with van der Waals surface area (Å²) in [6, 6.07) is 11.0. The molecule has 0 bridgehead atoms. The van der Waals surface area contributed by atoms with Gasteiger partial charge in [-0.1, -0.05) is 0 Å². The van der Waals surface area contributed by atoms with Gasteiger partial charge in [0, 0.05) is 24.3 Å². The Kier molecular flexibility index (Phi) is 6.29. The fraction of sp³-hybridized carbons (Fsp3) is 0.316. The molecular formula is C19H23N3O6S2. The summed E-state index contributed by atoms with van der Waals surface area (Å²) in [5.41, 5.74) is 0.633. The van der Waals surface area contributed by atoms with Gasteiger partial charge in [-0.25, -0.2) is 22.0 Å². The van der Waals surface area contributed by atoms with Gasteiger partial charge in [-0.3, -0.25) is 4.79 Å². The van der Waals surface area contributed by atoms with Crippen LogP contribution >= 0.6 is 0 Å². The van der Waals surface area contributed by atoms with Crippen molar-refractivity contribution in [3.8, 4) is 0 Å². The Hall–Kier alpha value is -2.31. The molecular weight excluding hydrogens is 430 g/mol. The molecule has 0 spiro atoms. The van der Waals surface area contributed by atoms with Gasteiger partial charge in [0.1, 0.15) is 0 Å². The van der Waals surface area contributed by atoms with Gasteiger partial charge in [0.15, 0.2) is 0 Å². The lowest BCUT2D eigenvalue weighted by Crippen LogP contribution is -2.48. The van der Waals surface area contributed by atoms with Gasteiger partial charge in [0.25, 0.3) is 5.91 Å². The van der Waals surface area contributed by atoms with Crippen molar-refractivity contribution < 1.29 is 26.4 Å². The van der Waals surface area contributed by atoms with Crippen LogP contribution in [0, 0.1) is 0 Å². The molecule has 3 N–H and O–H groups in total. The molecule has 2 aromatic carbocycles. The number of amides is 1. The van der Waals surface area contributed by atoms with Crippen LogP contribution in [-0.2, 0) is 24.8 Å². The maximum atomic E-state index is 12.9. The lowest BCUT2D eigenvalue weighted by molar-refractivity contribution is -0.0440. The number of sulfonamides is 2.